The minimum absolute atomic E-state index is 0.207. The van der Waals surface area contributed by atoms with Gasteiger partial charge in [0.15, 0.2) is 0 Å². The molecule has 1 N–H and O–H groups in total. The number of pyridine rings is 1. The molecule has 25 heavy (non-hydrogen) atoms. The van der Waals surface area contributed by atoms with E-state index in [0.717, 1.165) is 6.07 Å². The maximum Gasteiger partial charge on any atom is 0.416 e. The van der Waals surface area contributed by atoms with Crippen molar-refractivity contribution in [1.29, 1.82) is 10.5 Å². The van der Waals surface area contributed by atoms with Crippen molar-refractivity contribution < 1.29 is 17.9 Å². The molecular weight excluding hydrogens is 359 g/mol. The number of hydrogen-bond donors (Lipinski definition) is 1. The molecule has 0 amide bonds. The third-order valence-electron chi connectivity index (χ3n) is 2.68. The Kier molecular flexibility index (Phi) is 5.42. The highest BCUT2D eigenvalue weighted by atomic mass is 35.5. The topological polar surface area (TPSA) is 94.1 Å². The van der Waals surface area contributed by atoms with Crippen molar-refractivity contribution in [3.05, 3.63) is 47.1 Å². The maximum atomic E-state index is 12.7. The Morgan fingerprint density at radius 1 is 1.16 bits per heavy atom. The number of anilines is 1. The van der Waals surface area contributed by atoms with Gasteiger partial charge in [0, 0.05) is 6.07 Å². The molecule has 1 heterocycles. The lowest BCUT2D eigenvalue weighted by molar-refractivity contribution is -0.137. The van der Waals surface area contributed by atoms with Gasteiger partial charge in [0.05, 0.1) is 11.3 Å². The SMILES string of the molecule is N#CC(C#N)=NNc1ccc(Oc2cc(C(F)(F)F)cc(Cl)n2)cc1. The van der Waals surface area contributed by atoms with Crippen LogP contribution in [0.5, 0.6) is 11.6 Å². The van der Waals surface area contributed by atoms with Gasteiger partial charge in [-0.05, 0) is 30.3 Å². The molecule has 1 aromatic carbocycles. The molecule has 6 nitrogen and oxygen atoms in total. The number of rotatable bonds is 4. The average molecular weight is 366 g/mol. The fourth-order valence-corrected chi connectivity index (χ4v) is 1.80. The minimum atomic E-state index is -4.57. The molecule has 0 aliphatic carbocycles. The summed E-state index contributed by atoms with van der Waals surface area (Å²) in [7, 11) is 0. The quantitative estimate of drug-likeness (QED) is 0.493. The van der Waals surface area contributed by atoms with Gasteiger partial charge in [-0.1, -0.05) is 11.6 Å². The molecule has 0 spiro atoms. The van der Waals surface area contributed by atoms with Crippen molar-refractivity contribution in [3.63, 3.8) is 0 Å². The number of nitrogens with one attached hydrogen (secondary N) is 1. The van der Waals surface area contributed by atoms with Gasteiger partial charge >= 0.3 is 6.18 Å². The summed E-state index contributed by atoms with van der Waals surface area (Å²) in [4.78, 5) is 3.68. The van der Waals surface area contributed by atoms with Crippen LogP contribution in [0.15, 0.2) is 41.5 Å². The van der Waals surface area contributed by atoms with Crippen molar-refractivity contribution in [2.45, 2.75) is 6.18 Å². The second-order valence-electron chi connectivity index (χ2n) is 4.44. The second-order valence-corrected chi connectivity index (χ2v) is 4.82. The van der Waals surface area contributed by atoms with Gasteiger partial charge in [-0.15, -0.1) is 0 Å². The lowest BCUT2D eigenvalue weighted by Crippen LogP contribution is -2.05. The Bertz CT molecular complexity index is 866. The van der Waals surface area contributed by atoms with Crippen LogP contribution >= 0.6 is 11.6 Å². The highest BCUT2D eigenvalue weighted by molar-refractivity contribution is 6.29. The zero-order valence-electron chi connectivity index (χ0n) is 12.2. The molecule has 0 bridgehead atoms. The molecule has 126 valence electrons. The molecule has 2 aromatic rings. The van der Waals surface area contributed by atoms with Gasteiger partial charge in [0.1, 0.15) is 23.0 Å². The third-order valence-corrected chi connectivity index (χ3v) is 2.88. The fourth-order valence-electron chi connectivity index (χ4n) is 1.60. The summed E-state index contributed by atoms with van der Waals surface area (Å²) in [6.07, 6.45) is -4.57. The lowest BCUT2D eigenvalue weighted by Gasteiger charge is -2.10. The zero-order valence-corrected chi connectivity index (χ0v) is 12.9. The fraction of sp³-hybridized carbons (Fsp3) is 0.0667. The number of hydrazone groups is 1. The van der Waals surface area contributed by atoms with E-state index in [1.165, 1.54) is 24.3 Å². The van der Waals surface area contributed by atoms with Crippen LogP contribution in [0.4, 0.5) is 18.9 Å². The highest BCUT2D eigenvalue weighted by Gasteiger charge is 2.31. The summed E-state index contributed by atoms with van der Waals surface area (Å²) in [5.41, 5.74) is 1.58. The number of nitriles is 2. The Morgan fingerprint density at radius 3 is 2.36 bits per heavy atom. The van der Waals surface area contributed by atoms with E-state index in [4.69, 9.17) is 26.9 Å². The van der Waals surface area contributed by atoms with Crippen LogP contribution in [-0.4, -0.2) is 10.7 Å². The van der Waals surface area contributed by atoms with E-state index in [1.807, 2.05) is 0 Å². The molecule has 0 radical (unpaired) electrons. The Labute approximate surface area is 144 Å². The first-order chi connectivity index (χ1) is 11.8. The van der Waals surface area contributed by atoms with E-state index in [0.29, 0.717) is 11.8 Å². The van der Waals surface area contributed by atoms with Crippen molar-refractivity contribution in [2.24, 2.45) is 5.10 Å². The van der Waals surface area contributed by atoms with Crippen LogP contribution in [-0.2, 0) is 6.18 Å². The van der Waals surface area contributed by atoms with Crippen LogP contribution in [0.2, 0.25) is 5.15 Å². The van der Waals surface area contributed by atoms with Crippen molar-refractivity contribution >= 4 is 23.0 Å². The highest BCUT2D eigenvalue weighted by Crippen LogP contribution is 2.33. The van der Waals surface area contributed by atoms with Crippen LogP contribution in [0.3, 0.4) is 0 Å². The van der Waals surface area contributed by atoms with Gasteiger partial charge in [-0.25, -0.2) is 4.98 Å². The molecule has 0 fully saturated rings. The van der Waals surface area contributed by atoms with Crippen LogP contribution in [0, 0.1) is 22.7 Å². The standard InChI is InChI=1S/C15H7ClF3N5O/c16-13-5-9(15(17,18)19)6-14(22-13)25-12-3-1-10(2-4-12)23-24-11(7-20)8-21/h1-6,23H. The maximum absolute atomic E-state index is 12.7. The first-order valence-corrected chi connectivity index (χ1v) is 6.86. The summed E-state index contributed by atoms with van der Waals surface area (Å²) in [5.74, 6) is -0.104. The van der Waals surface area contributed by atoms with E-state index in [-0.39, 0.29) is 22.5 Å². The van der Waals surface area contributed by atoms with E-state index in [2.05, 4.69) is 15.5 Å². The summed E-state index contributed by atoms with van der Waals surface area (Å²) >= 11 is 5.58. The van der Waals surface area contributed by atoms with Gasteiger partial charge in [-0.3, -0.25) is 5.43 Å². The van der Waals surface area contributed by atoms with E-state index < -0.39 is 11.7 Å². The van der Waals surface area contributed by atoms with Gasteiger partial charge < -0.3 is 4.74 Å². The number of nitrogens with zero attached hydrogens (tertiary/aromatic N) is 4. The van der Waals surface area contributed by atoms with E-state index in [1.54, 1.807) is 12.1 Å². The Morgan fingerprint density at radius 2 is 1.80 bits per heavy atom. The number of aromatic nitrogens is 1. The molecule has 1 aromatic heterocycles. The smallest absolute Gasteiger partial charge is 0.416 e. The van der Waals surface area contributed by atoms with E-state index >= 15 is 0 Å². The molecule has 0 aliphatic heterocycles. The number of ether oxygens (including phenoxy) is 1. The number of hydrogen-bond acceptors (Lipinski definition) is 6. The molecular formula is C15H7ClF3N5O. The Hall–Kier alpha value is -3.30. The van der Waals surface area contributed by atoms with Crippen molar-refractivity contribution in [1.82, 2.24) is 4.98 Å². The number of halogens is 4. The molecule has 2 rings (SSSR count). The Balaban J connectivity index is 2.15. The molecule has 0 aliphatic rings. The minimum Gasteiger partial charge on any atom is -0.439 e. The lowest BCUT2D eigenvalue weighted by atomic mass is 10.2. The second kappa shape index (κ2) is 7.51. The zero-order chi connectivity index (χ0) is 18.4. The largest absolute Gasteiger partial charge is 0.439 e. The van der Waals surface area contributed by atoms with Gasteiger partial charge in [-0.2, -0.15) is 28.8 Å². The summed E-state index contributed by atoms with van der Waals surface area (Å²) in [6, 6.07) is 10.4. The van der Waals surface area contributed by atoms with E-state index in [9.17, 15) is 13.2 Å². The molecule has 0 saturated heterocycles. The molecule has 0 atom stereocenters. The van der Waals surface area contributed by atoms with Gasteiger partial charge in [0.25, 0.3) is 0 Å². The summed E-state index contributed by atoms with van der Waals surface area (Å²) in [5, 5.41) is 20.3. The van der Waals surface area contributed by atoms with Gasteiger partial charge in [0.2, 0.25) is 11.6 Å². The average Bonchev–Trinajstić information content (AvgIpc) is 2.56. The number of alkyl halides is 3. The normalized spacial score (nSPS) is 10.3. The molecule has 10 heteroatoms. The first-order valence-electron chi connectivity index (χ1n) is 6.48. The van der Waals surface area contributed by atoms with Crippen LogP contribution < -0.4 is 10.2 Å². The van der Waals surface area contributed by atoms with Crippen molar-refractivity contribution in [3.8, 4) is 23.8 Å². The summed E-state index contributed by atoms with van der Waals surface area (Å²) < 4.78 is 43.5. The summed E-state index contributed by atoms with van der Waals surface area (Å²) in [6.45, 7) is 0. The van der Waals surface area contributed by atoms with Crippen LogP contribution in [0.25, 0.3) is 0 Å². The number of benzene rings is 1. The first kappa shape index (κ1) is 18.0. The molecule has 0 saturated carbocycles. The third kappa shape index (κ3) is 5.09. The van der Waals surface area contributed by atoms with Crippen LogP contribution in [0.1, 0.15) is 5.56 Å². The predicted molar refractivity (Wildman–Crippen MR) is 83.0 cm³/mol. The monoisotopic (exact) mass is 365 g/mol. The van der Waals surface area contributed by atoms with Crippen molar-refractivity contribution in [2.75, 3.05) is 5.43 Å². The predicted octanol–water partition coefficient (Wildman–Crippen LogP) is 4.36. The molecule has 0 unspecified atom stereocenters.